The first-order chi connectivity index (χ1) is 8.97. The Hall–Kier alpha value is -1.89. The normalized spacial score (nSPS) is 14.3. The molecule has 0 aliphatic rings. The number of halogens is 1. The molecule has 2 rings (SSSR count). The Morgan fingerprint density at radius 2 is 2.16 bits per heavy atom. The molecule has 0 aliphatic carbocycles. The lowest BCUT2D eigenvalue weighted by Gasteiger charge is -2.14. The second-order valence-electron chi connectivity index (χ2n) is 4.09. The van der Waals surface area contributed by atoms with Crippen LogP contribution in [-0.4, -0.2) is 32.5 Å². The van der Waals surface area contributed by atoms with Gasteiger partial charge >= 0.3 is 0 Å². The third-order valence-electron chi connectivity index (χ3n) is 2.82. The number of alkyl halides is 1. The van der Waals surface area contributed by atoms with Crippen molar-refractivity contribution in [1.29, 1.82) is 0 Å². The summed E-state index contributed by atoms with van der Waals surface area (Å²) in [5.74, 6) is 0.344. The Kier molecular flexibility index (Phi) is 3.57. The van der Waals surface area contributed by atoms with Crippen LogP contribution >= 0.6 is 11.6 Å². The summed E-state index contributed by atoms with van der Waals surface area (Å²) in [5, 5.41) is -0.402. The minimum Gasteiger partial charge on any atom is -0.479 e. The molecule has 0 spiro atoms. The molecule has 0 radical (unpaired) electrons. The highest BCUT2D eigenvalue weighted by Gasteiger charge is 2.24. The van der Waals surface area contributed by atoms with Gasteiger partial charge in [0, 0.05) is 0 Å². The molecule has 0 saturated carbocycles. The second-order valence-corrected chi connectivity index (χ2v) is 4.74. The number of aromatic nitrogens is 4. The SMILES string of the molecule is COc1ncnc2c1nc(C(C)Cl)n2C(C)C(N)=O. The third-order valence-corrected chi connectivity index (χ3v) is 3.01. The Morgan fingerprint density at radius 1 is 1.47 bits per heavy atom. The van der Waals surface area contributed by atoms with Crippen LogP contribution < -0.4 is 10.5 Å². The second kappa shape index (κ2) is 5.00. The first-order valence-electron chi connectivity index (χ1n) is 5.67. The average molecular weight is 284 g/mol. The summed E-state index contributed by atoms with van der Waals surface area (Å²) in [7, 11) is 1.49. The predicted octanol–water partition coefficient (Wildman–Crippen LogP) is 1.18. The van der Waals surface area contributed by atoms with Crippen molar-refractivity contribution in [2.24, 2.45) is 5.73 Å². The van der Waals surface area contributed by atoms with Crippen LogP contribution in [0.25, 0.3) is 11.2 Å². The van der Waals surface area contributed by atoms with E-state index in [2.05, 4.69) is 15.0 Å². The number of nitrogens with two attached hydrogens (primary N) is 1. The molecule has 0 fully saturated rings. The molecule has 2 unspecified atom stereocenters. The molecule has 102 valence electrons. The van der Waals surface area contributed by atoms with Gasteiger partial charge in [0.05, 0.1) is 12.5 Å². The number of carbonyl (C=O) groups excluding carboxylic acids is 1. The van der Waals surface area contributed by atoms with Gasteiger partial charge in [0.2, 0.25) is 11.8 Å². The summed E-state index contributed by atoms with van der Waals surface area (Å²) in [4.78, 5) is 23.9. The quantitative estimate of drug-likeness (QED) is 0.850. The van der Waals surface area contributed by atoms with E-state index in [1.807, 2.05) is 0 Å². The van der Waals surface area contributed by atoms with E-state index >= 15 is 0 Å². The predicted molar refractivity (Wildman–Crippen MR) is 70.0 cm³/mol. The van der Waals surface area contributed by atoms with Gasteiger partial charge < -0.3 is 10.5 Å². The van der Waals surface area contributed by atoms with Crippen molar-refractivity contribution in [2.45, 2.75) is 25.3 Å². The number of fused-ring (bicyclic) bond motifs is 1. The molecule has 2 heterocycles. The van der Waals surface area contributed by atoms with Crippen LogP contribution in [0.2, 0.25) is 0 Å². The molecular weight excluding hydrogens is 270 g/mol. The van der Waals surface area contributed by atoms with Gasteiger partial charge in [0.1, 0.15) is 18.2 Å². The van der Waals surface area contributed by atoms with E-state index in [0.29, 0.717) is 22.9 Å². The zero-order valence-electron chi connectivity index (χ0n) is 10.8. The highest BCUT2D eigenvalue weighted by atomic mass is 35.5. The Labute approximate surface area is 114 Å². The van der Waals surface area contributed by atoms with E-state index in [9.17, 15) is 4.79 Å². The van der Waals surface area contributed by atoms with Gasteiger partial charge in [-0.3, -0.25) is 9.36 Å². The summed E-state index contributed by atoms with van der Waals surface area (Å²) in [6, 6.07) is -0.610. The molecule has 0 saturated heterocycles. The molecule has 2 N–H and O–H groups in total. The molecule has 0 aliphatic heterocycles. The van der Waals surface area contributed by atoms with Crippen LogP contribution in [0.5, 0.6) is 5.88 Å². The van der Waals surface area contributed by atoms with E-state index < -0.39 is 17.3 Å². The van der Waals surface area contributed by atoms with Gasteiger partial charge in [-0.25, -0.2) is 9.97 Å². The van der Waals surface area contributed by atoms with Crippen LogP contribution in [0, 0.1) is 0 Å². The van der Waals surface area contributed by atoms with Crippen molar-refractivity contribution >= 4 is 28.7 Å². The Bertz CT molecular complexity index is 625. The largest absolute Gasteiger partial charge is 0.479 e. The number of hydrogen-bond acceptors (Lipinski definition) is 5. The number of carbonyl (C=O) groups is 1. The van der Waals surface area contributed by atoms with E-state index in [-0.39, 0.29) is 0 Å². The molecule has 2 atom stereocenters. The van der Waals surface area contributed by atoms with Crippen molar-refractivity contribution < 1.29 is 9.53 Å². The van der Waals surface area contributed by atoms with E-state index in [0.717, 1.165) is 0 Å². The average Bonchev–Trinajstić information content (AvgIpc) is 2.76. The van der Waals surface area contributed by atoms with Crippen LogP contribution in [0.4, 0.5) is 0 Å². The topological polar surface area (TPSA) is 95.9 Å². The maximum Gasteiger partial charge on any atom is 0.245 e. The number of primary amides is 1. The van der Waals surface area contributed by atoms with Crippen molar-refractivity contribution in [1.82, 2.24) is 19.5 Å². The van der Waals surface area contributed by atoms with E-state index in [1.54, 1.807) is 18.4 Å². The fourth-order valence-electron chi connectivity index (χ4n) is 1.84. The zero-order chi connectivity index (χ0) is 14.2. The van der Waals surface area contributed by atoms with Crippen molar-refractivity contribution in [3.8, 4) is 5.88 Å². The van der Waals surface area contributed by atoms with Gasteiger partial charge in [-0.15, -0.1) is 11.6 Å². The van der Waals surface area contributed by atoms with Crippen LogP contribution in [-0.2, 0) is 4.79 Å². The van der Waals surface area contributed by atoms with Crippen LogP contribution in [0.1, 0.15) is 31.1 Å². The minimum absolute atomic E-state index is 0.332. The highest BCUT2D eigenvalue weighted by molar-refractivity contribution is 6.20. The molecule has 8 heteroatoms. The summed E-state index contributed by atoms with van der Waals surface area (Å²) < 4.78 is 6.74. The standard InChI is InChI=1S/C11H14ClN5O2/c1-5(12)9-16-7-10(14-4-15-11(7)19-3)17(9)6(2)8(13)18/h4-6H,1-3H3,(H2,13,18). The summed E-state index contributed by atoms with van der Waals surface area (Å²) in [6.07, 6.45) is 1.34. The molecule has 19 heavy (non-hydrogen) atoms. The summed E-state index contributed by atoms with van der Waals surface area (Å²) in [6.45, 7) is 3.42. The van der Waals surface area contributed by atoms with E-state index in [1.165, 1.54) is 13.4 Å². The van der Waals surface area contributed by atoms with Crippen LogP contribution in [0.3, 0.4) is 0 Å². The maximum absolute atomic E-state index is 11.4. The molecule has 2 aromatic rings. The van der Waals surface area contributed by atoms with Crippen molar-refractivity contribution in [3.63, 3.8) is 0 Å². The Balaban J connectivity index is 2.78. The monoisotopic (exact) mass is 283 g/mol. The first-order valence-corrected chi connectivity index (χ1v) is 6.11. The van der Waals surface area contributed by atoms with Crippen molar-refractivity contribution in [3.05, 3.63) is 12.2 Å². The lowest BCUT2D eigenvalue weighted by molar-refractivity contribution is -0.120. The molecule has 2 aromatic heterocycles. The van der Waals surface area contributed by atoms with Crippen LogP contribution in [0.15, 0.2) is 6.33 Å². The van der Waals surface area contributed by atoms with Crippen molar-refractivity contribution in [2.75, 3.05) is 7.11 Å². The highest BCUT2D eigenvalue weighted by Crippen LogP contribution is 2.29. The molecule has 1 amide bonds. The van der Waals surface area contributed by atoms with E-state index in [4.69, 9.17) is 22.1 Å². The summed E-state index contributed by atoms with van der Waals surface area (Å²) in [5.41, 5.74) is 6.28. The molecule has 7 nitrogen and oxygen atoms in total. The fraction of sp³-hybridized carbons (Fsp3) is 0.455. The number of imidazole rings is 1. The number of rotatable bonds is 4. The summed E-state index contributed by atoms with van der Waals surface area (Å²) >= 11 is 6.10. The maximum atomic E-state index is 11.4. The number of ether oxygens (including phenoxy) is 1. The number of methoxy groups -OCH3 is 1. The van der Waals surface area contributed by atoms with Gasteiger partial charge in [-0.05, 0) is 13.8 Å². The lowest BCUT2D eigenvalue weighted by atomic mass is 10.3. The number of nitrogens with zero attached hydrogens (tertiary/aromatic N) is 4. The first kappa shape index (κ1) is 13.5. The lowest BCUT2D eigenvalue weighted by Crippen LogP contribution is -2.25. The number of hydrogen-bond donors (Lipinski definition) is 1. The third kappa shape index (κ3) is 2.21. The van der Waals surface area contributed by atoms with Gasteiger partial charge in [-0.2, -0.15) is 4.98 Å². The molecular formula is C11H14ClN5O2. The van der Waals surface area contributed by atoms with Gasteiger partial charge in [0.25, 0.3) is 0 Å². The molecule has 0 aromatic carbocycles. The molecule has 0 bridgehead atoms. The fourth-order valence-corrected chi connectivity index (χ4v) is 2.00. The zero-order valence-corrected chi connectivity index (χ0v) is 11.5. The number of amides is 1. The smallest absolute Gasteiger partial charge is 0.245 e. The van der Waals surface area contributed by atoms with Gasteiger partial charge in [-0.1, -0.05) is 0 Å². The Morgan fingerprint density at radius 3 is 2.68 bits per heavy atom. The van der Waals surface area contributed by atoms with Gasteiger partial charge in [0.15, 0.2) is 11.2 Å². The minimum atomic E-state index is -0.610.